The van der Waals surface area contributed by atoms with Crippen molar-refractivity contribution in [2.45, 2.75) is 97.1 Å². The van der Waals surface area contributed by atoms with Crippen molar-refractivity contribution in [3.05, 3.63) is 0 Å². The van der Waals surface area contributed by atoms with Gasteiger partial charge in [0.1, 0.15) is 0 Å². The lowest BCUT2D eigenvalue weighted by Crippen LogP contribution is -2.31. The molecule has 0 bridgehead atoms. The Hall–Kier alpha value is 0.430. The zero-order chi connectivity index (χ0) is 13.1. The van der Waals surface area contributed by atoms with Crippen LogP contribution in [0.4, 0.5) is 0 Å². The minimum absolute atomic E-state index is 0.540. The summed E-state index contributed by atoms with van der Waals surface area (Å²) in [5, 5.41) is 0.540. The number of rotatable bonds is 11. The molecule has 17 heavy (non-hydrogen) atoms. The van der Waals surface area contributed by atoms with Crippen LogP contribution in [0.3, 0.4) is 0 Å². The Morgan fingerprint density at radius 2 is 1.18 bits per heavy atom. The maximum atomic E-state index is 3.28. The molecule has 0 saturated heterocycles. The van der Waals surface area contributed by atoms with Crippen molar-refractivity contribution in [3.8, 4) is 0 Å². The number of hydrogen-bond acceptors (Lipinski definition) is 0. The molecule has 0 aromatic rings. The molecule has 0 aliphatic carbocycles. The molecule has 0 rings (SSSR count). The number of unbranched alkanes of at least 4 members (excludes halogenated alkanes) is 2. The molecule has 0 heterocycles. The summed E-state index contributed by atoms with van der Waals surface area (Å²) in [7, 11) is 3.28. The maximum Gasteiger partial charge on any atom is -0.0122 e. The van der Waals surface area contributed by atoms with Gasteiger partial charge in [-0.15, -0.1) is 9.24 Å². The minimum Gasteiger partial charge on any atom is -0.131 e. The van der Waals surface area contributed by atoms with Crippen molar-refractivity contribution in [1.29, 1.82) is 0 Å². The first kappa shape index (κ1) is 17.4. The fourth-order valence-electron chi connectivity index (χ4n) is 2.96. The molecule has 0 aromatic heterocycles. The lowest BCUT2D eigenvalue weighted by atomic mass is 9.78. The van der Waals surface area contributed by atoms with Crippen LogP contribution in [0.2, 0.25) is 0 Å². The van der Waals surface area contributed by atoms with Gasteiger partial charge in [0.2, 0.25) is 0 Å². The Balaban J connectivity index is 4.55. The second-order valence-corrected chi connectivity index (χ2v) is 6.86. The van der Waals surface area contributed by atoms with E-state index >= 15 is 0 Å². The molecule has 0 N–H and O–H groups in total. The topological polar surface area (TPSA) is 0 Å². The molecule has 0 aliphatic heterocycles. The van der Waals surface area contributed by atoms with Gasteiger partial charge in [-0.1, -0.05) is 66.2 Å². The van der Waals surface area contributed by atoms with Crippen molar-refractivity contribution in [2.75, 3.05) is 0 Å². The Bertz CT molecular complexity index is 151. The van der Waals surface area contributed by atoms with Gasteiger partial charge >= 0.3 is 0 Å². The Labute approximate surface area is 113 Å². The summed E-state index contributed by atoms with van der Waals surface area (Å²) in [6.07, 6.45) is 13.8. The first-order valence-electron chi connectivity index (χ1n) is 7.93. The summed E-state index contributed by atoms with van der Waals surface area (Å²) < 4.78 is 0. The van der Waals surface area contributed by atoms with Crippen LogP contribution in [0.15, 0.2) is 0 Å². The summed E-state index contributed by atoms with van der Waals surface area (Å²) in [6, 6.07) is 0. The second-order valence-electron chi connectivity index (χ2n) is 5.71. The number of hydrogen-bond donors (Lipinski definition) is 0. The highest BCUT2D eigenvalue weighted by molar-refractivity contribution is 7.19. The third kappa shape index (κ3) is 6.80. The van der Waals surface area contributed by atoms with Crippen LogP contribution in [-0.2, 0) is 0 Å². The molecular formula is C16H35P. The average Bonchev–Trinajstić information content (AvgIpc) is 2.33. The zero-order valence-electron chi connectivity index (χ0n) is 12.7. The van der Waals surface area contributed by atoms with E-state index in [4.69, 9.17) is 0 Å². The first-order valence-corrected chi connectivity index (χ1v) is 8.51. The average molecular weight is 258 g/mol. The van der Waals surface area contributed by atoms with Crippen LogP contribution in [0.5, 0.6) is 0 Å². The van der Waals surface area contributed by atoms with Crippen LogP contribution < -0.4 is 0 Å². The monoisotopic (exact) mass is 258 g/mol. The molecular weight excluding hydrogens is 223 g/mol. The lowest BCUT2D eigenvalue weighted by Gasteiger charge is -2.38. The van der Waals surface area contributed by atoms with E-state index in [1.54, 1.807) is 0 Å². The van der Waals surface area contributed by atoms with Crippen molar-refractivity contribution >= 4 is 9.24 Å². The van der Waals surface area contributed by atoms with Gasteiger partial charge in [-0.2, -0.15) is 0 Å². The summed E-state index contributed by atoms with van der Waals surface area (Å²) in [5.41, 5.74) is 0. The second kappa shape index (κ2) is 10.4. The van der Waals surface area contributed by atoms with Crippen LogP contribution in [0, 0.1) is 5.92 Å². The van der Waals surface area contributed by atoms with Gasteiger partial charge in [0.25, 0.3) is 0 Å². The quantitative estimate of drug-likeness (QED) is 0.387. The van der Waals surface area contributed by atoms with Crippen LogP contribution >= 0.6 is 9.24 Å². The van der Waals surface area contributed by atoms with Gasteiger partial charge in [-0.3, -0.25) is 0 Å². The van der Waals surface area contributed by atoms with E-state index in [-0.39, 0.29) is 0 Å². The molecule has 0 amide bonds. The molecule has 1 unspecified atom stereocenters. The van der Waals surface area contributed by atoms with Crippen LogP contribution in [0.25, 0.3) is 0 Å². The third-order valence-electron chi connectivity index (χ3n) is 4.08. The normalized spacial score (nSPS) is 12.4. The molecule has 1 atom stereocenters. The first-order chi connectivity index (χ1) is 8.14. The van der Waals surface area contributed by atoms with Crippen molar-refractivity contribution < 1.29 is 0 Å². The van der Waals surface area contributed by atoms with E-state index in [1.165, 1.54) is 64.2 Å². The molecule has 0 nitrogen and oxygen atoms in total. The van der Waals surface area contributed by atoms with E-state index in [2.05, 4.69) is 36.9 Å². The molecule has 0 spiro atoms. The van der Waals surface area contributed by atoms with Gasteiger partial charge in [-0.25, -0.2) is 0 Å². The minimum atomic E-state index is 0.540. The van der Waals surface area contributed by atoms with Gasteiger partial charge in [-0.05, 0) is 36.8 Å². The molecule has 0 saturated carbocycles. The van der Waals surface area contributed by atoms with Gasteiger partial charge in [0, 0.05) is 0 Å². The van der Waals surface area contributed by atoms with Crippen molar-refractivity contribution in [1.82, 2.24) is 0 Å². The zero-order valence-corrected chi connectivity index (χ0v) is 13.9. The molecule has 104 valence electrons. The van der Waals surface area contributed by atoms with E-state index in [1.807, 2.05) is 0 Å². The van der Waals surface area contributed by atoms with Crippen LogP contribution in [0.1, 0.15) is 91.9 Å². The highest BCUT2D eigenvalue weighted by Gasteiger charge is 2.31. The molecule has 0 aliphatic rings. The Morgan fingerprint density at radius 1 is 0.765 bits per heavy atom. The SMILES string of the molecule is CCCCC(P)(CCCC)C(CCC)CCC. The molecule has 0 radical (unpaired) electrons. The van der Waals surface area contributed by atoms with Crippen molar-refractivity contribution in [3.63, 3.8) is 0 Å². The fraction of sp³-hybridized carbons (Fsp3) is 1.00. The van der Waals surface area contributed by atoms with Gasteiger partial charge in [0.05, 0.1) is 0 Å². The van der Waals surface area contributed by atoms with Gasteiger partial charge < -0.3 is 0 Å². The fourth-order valence-corrected chi connectivity index (χ4v) is 3.70. The highest BCUT2D eigenvalue weighted by Crippen LogP contribution is 2.42. The molecule has 0 aromatic carbocycles. The summed E-state index contributed by atoms with van der Waals surface area (Å²) in [6.45, 7) is 9.32. The van der Waals surface area contributed by atoms with Crippen molar-refractivity contribution in [2.24, 2.45) is 5.92 Å². The lowest BCUT2D eigenvalue weighted by molar-refractivity contribution is 0.284. The molecule has 1 heteroatoms. The Morgan fingerprint density at radius 3 is 1.47 bits per heavy atom. The molecule has 0 fully saturated rings. The van der Waals surface area contributed by atoms with E-state index in [0.717, 1.165) is 5.92 Å². The maximum absolute atomic E-state index is 3.28. The predicted molar refractivity (Wildman–Crippen MR) is 84.8 cm³/mol. The van der Waals surface area contributed by atoms with E-state index in [0.29, 0.717) is 5.16 Å². The Kier molecular flexibility index (Phi) is 10.6. The van der Waals surface area contributed by atoms with E-state index < -0.39 is 0 Å². The summed E-state index contributed by atoms with van der Waals surface area (Å²) in [4.78, 5) is 0. The third-order valence-corrected chi connectivity index (χ3v) is 5.13. The van der Waals surface area contributed by atoms with Crippen LogP contribution in [-0.4, -0.2) is 5.16 Å². The largest absolute Gasteiger partial charge is 0.131 e. The standard InChI is InChI=1S/C16H35P/c1-5-9-13-16(17,14-10-6-2)15(11-7-3)12-8-4/h15H,5-14,17H2,1-4H3. The summed E-state index contributed by atoms with van der Waals surface area (Å²) in [5.74, 6) is 0.931. The smallest absolute Gasteiger partial charge is 0.0122 e. The van der Waals surface area contributed by atoms with Gasteiger partial charge in [0.15, 0.2) is 0 Å². The van der Waals surface area contributed by atoms with E-state index in [9.17, 15) is 0 Å². The summed E-state index contributed by atoms with van der Waals surface area (Å²) >= 11 is 0. The highest BCUT2D eigenvalue weighted by atomic mass is 31.0. The predicted octanol–water partition coefficient (Wildman–Crippen LogP) is 6.20.